The van der Waals surface area contributed by atoms with Crippen molar-refractivity contribution < 1.29 is 8.78 Å². The van der Waals surface area contributed by atoms with E-state index in [1.807, 2.05) is 18.2 Å². The van der Waals surface area contributed by atoms with Crippen LogP contribution in [0.1, 0.15) is 12.4 Å². The summed E-state index contributed by atoms with van der Waals surface area (Å²) in [4.78, 5) is 5.90. The van der Waals surface area contributed by atoms with E-state index in [-0.39, 0.29) is 0 Å². The molecule has 0 atom stereocenters. The van der Waals surface area contributed by atoms with Gasteiger partial charge >= 0.3 is 6.55 Å². The van der Waals surface area contributed by atoms with Crippen LogP contribution >= 0.6 is 11.8 Å². The third kappa shape index (κ3) is 3.79. The van der Waals surface area contributed by atoms with Gasteiger partial charge in [0.1, 0.15) is 5.82 Å². The second kappa shape index (κ2) is 6.07. The summed E-state index contributed by atoms with van der Waals surface area (Å²) < 4.78 is 25.8. The molecule has 0 saturated heterocycles. The van der Waals surface area contributed by atoms with Gasteiger partial charge in [0.2, 0.25) is 0 Å². The second-order valence-electron chi connectivity index (χ2n) is 3.26. The largest absolute Gasteiger partial charge is 0.319 e. The summed E-state index contributed by atoms with van der Waals surface area (Å²) in [5, 5.41) is 0. The van der Waals surface area contributed by atoms with E-state index in [2.05, 4.69) is 4.98 Å². The number of thioether (sulfide) groups is 1. The Labute approximate surface area is 92.5 Å². The maximum atomic E-state index is 12.5. The fraction of sp³-hybridized carbons (Fsp3) is 0.667. The number of nitrogens with zero attached hydrogens (tertiary/aromatic N) is 3. The van der Waals surface area contributed by atoms with Crippen molar-refractivity contribution in [3.8, 4) is 0 Å². The molecule has 0 aliphatic heterocycles. The molecule has 3 nitrogen and oxygen atoms in total. The number of aromatic nitrogens is 2. The zero-order chi connectivity index (χ0) is 11.3. The Balaban J connectivity index is 2.52. The molecule has 1 heterocycles. The molecule has 0 aromatic carbocycles. The van der Waals surface area contributed by atoms with E-state index in [1.54, 1.807) is 11.8 Å². The number of rotatable bonds is 6. The first-order valence-electron chi connectivity index (χ1n) is 4.62. The summed E-state index contributed by atoms with van der Waals surface area (Å²) in [7, 11) is 1.90. The first kappa shape index (κ1) is 12.4. The summed E-state index contributed by atoms with van der Waals surface area (Å²) in [6, 6.07) is 0. The summed E-state index contributed by atoms with van der Waals surface area (Å²) in [5.74, 6) is 1.40. The Kier molecular flexibility index (Phi) is 5.04. The van der Waals surface area contributed by atoms with Gasteiger partial charge in [-0.3, -0.25) is 9.47 Å². The molecule has 86 valence electrons. The average molecular weight is 235 g/mol. The van der Waals surface area contributed by atoms with Gasteiger partial charge in [-0.15, -0.1) is 0 Å². The van der Waals surface area contributed by atoms with Crippen molar-refractivity contribution in [3.05, 3.63) is 18.2 Å². The SMILES string of the molecule is CSCCN(C)Cc1nccn1C(F)F. The van der Waals surface area contributed by atoms with E-state index in [0.29, 0.717) is 12.4 Å². The molecule has 6 heteroatoms. The molecule has 0 N–H and O–H groups in total. The molecule has 0 spiro atoms. The van der Waals surface area contributed by atoms with Crippen LogP contribution in [0.3, 0.4) is 0 Å². The Hall–Kier alpha value is -0.620. The fourth-order valence-corrected chi connectivity index (χ4v) is 1.71. The van der Waals surface area contributed by atoms with Crippen LogP contribution in [0.4, 0.5) is 8.78 Å². The molecular formula is C9H15F2N3S. The molecule has 0 saturated carbocycles. The highest BCUT2D eigenvalue weighted by atomic mass is 32.2. The van der Waals surface area contributed by atoms with Gasteiger partial charge in [-0.05, 0) is 13.3 Å². The molecule has 0 amide bonds. The van der Waals surface area contributed by atoms with Crippen LogP contribution in [-0.2, 0) is 6.54 Å². The lowest BCUT2D eigenvalue weighted by Gasteiger charge is -2.16. The third-order valence-corrected chi connectivity index (χ3v) is 2.64. The third-order valence-electron chi connectivity index (χ3n) is 2.05. The lowest BCUT2D eigenvalue weighted by molar-refractivity contribution is 0.0647. The van der Waals surface area contributed by atoms with Crippen LogP contribution in [0.5, 0.6) is 0 Å². The van der Waals surface area contributed by atoms with Crippen LogP contribution < -0.4 is 0 Å². The Bertz CT molecular complexity index is 291. The molecule has 1 rings (SSSR count). The van der Waals surface area contributed by atoms with Crippen molar-refractivity contribution in [3.63, 3.8) is 0 Å². The van der Waals surface area contributed by atoms with E-state index < -0.39 is 6.55 Å². The zero-order valence-electron chi connectivity index (χ0n) is 8.86. The van der Waals surface area contributed by atoms with Gasteiger partial charge in [0, 0.05) is 24.7 Å². The van der Waals surface area contributed by atoms with Crippen molar-refractivity contribution in [1.82, 2.24) is 14.5 Å². The minimum Gasteiger partial charge on any atom is -0.298 e. The van der Waals surface area contributed by atoms with Crippen LogP contribution in [0, 0.1) is 0 Å². The summed E-state index contributed by atoms with van der Waals surface area (Å²) in [5.41, 5.74) is 0. The van der Waals surface area contributed by atoms with E-state index in [4.69, 9.17) is 0 Å². The first-order valence-corrected chi connectivity index (χ1v) is 6.02. The van der Waals surface area contributed by atoms with Crippen LogP contribution in [-0.4, -0.2) is 40.1 Å². The number of halogens is 2. The lowest BCUT2D eigenvalue weighted by atomic mass is 10.5. The minimum absolute atomic E-state index is 0.411. The first-order chi connectivity index (χ1) is 7.15. The lowest BCUT2D eigenvalue weighted by Crippen LogP contribution is -2.23. The van der Waals surface area contributed by atoms with Crippen molar-refractivity contribution in [2.24, 2.45) is 0 Å². The number of alkyl halides is 2. The summed E-state index contributed by atoms with van der Waals surface area (Å²) in [6.45, 7) is -1.17. The van der Waals surface area contributed by atoms with Gasteiger partial charge in [0.05, 0.1) is 6.54 Å². The molecule has 0 unspecified atom stereocenters. The van der Waals surface area contributed by atoms with Crippen molar-refractivity contribution in [2.45, 2.75) is 13.1 Å². The Morgan fingerprint density at radius 3 is 2.93 bits per heavy atom. The minimum atomic E-state index is -2.50. The molecule has 1 aromatic heterocycles. The van der Waals surface area contributed by atoms with E-state index in [1.165, 1.54) is 12.4 Å². The number of imidazole rings is 1. The monoisotopic (exact) mass is 235 g/mol. The smallest absolute Gasteiger partial charge is 0.298 e. The predicted molar refractivity (Wildman–Crippen MR) is 58.2 cm³/mol. The van der Waals surface area contributed by atoms with E-state index in [9.17, 15) is 8.78 Å². The van der Waals surface area contributed by atoms with E-state index in [0.717, 1.165) is 16.9 Å². The van der Waals surface area contributed by atoms with Gasteiger partial charge in [-0.1, -0.05) is 0 Å². The second-order valence-corrected chi connectivity index (χ2v) is 4.24. The van der Waals surface area contributed by atoms with Crippen LogP contribution in [0.2, 0.25) is 0 Å². The fourth-order valence-electron chi connectivity index (χ4n) is 1.21. The van der Waals surface area contributed by atoms with Gasteiger partial charge in [-0.25, -0.2) is 4.98 Å². The van der Waals surface area contributed by atoms with Crippen LogP contribution in [0.15, 0.2) is 12.4 Å². The molecule has 1 aromatic rings. The maximum absolute atomic E-state index is 12.5. The van der Waals surface area contributed by atoms with Gasteiger partial charge in [0.15, 0.2) is 0 Å². The zero-order valence-corrected chi connectivity index (χ0v) is 9.68. The van der Waals surface area contributed by atoms with Crippen molar-refractivity contribution >= 4 is 11.8 Å². The van der Waals surface area contributed by atoms with Gasteiger partial charge in [0.25, 0.3) is 0 Å². The summed E-state index contributed by atoms with van der Waals surface area (Å²) in [6.07, 6.45) is 4.74. The molecule has 0 aliphatic carbocycles. The van der Waals surface area contributed by atoms with E-state index >= 15 is 0 Å². The molecule has 0 radical (unpaired) electrons. The highest BCUT2D eigenvalue weighted by molar-refractivity contribution is 7.98. The molecule has 0 fully saturated rings. The Morgan fingerprint density at radius 1 is 1.60 bits per heavy atom. The van der Waals surface area contributed by atoms with Crippen molar-refractivity contribution in [1.29, 1.82) is 0 Å². The Morgan fingerprint density at radius 2 is 2.33 bits per heavy atom. The number of hydrogen-bond donors (Lipinski definition) is 0. The standard InChI is InChI=1S/C9H15F2N3S/c1-13(5-6-15-2)7-8-12-3-4-14(8)9(10)11/h3-4,9H,5-7H2,1-2H3. The highest BCUT2D eigenvalue weighted by Crippen LogP contribution is 2.13. The normalized spacial score (nSPS) is 11.6. The van der Waals surface area contributed by atoms with Crippen molar-refractivity contribution in [2.75, 3.05) is 25.6 Å². The van der Waals surface area contributed by atoms with Gasteiger partial charge < -0.3 is 0 Å². The molecule has 15 heavy (non-hydrogen) atoms. The maximum Gasteiger partial charge on any atom is 0.319 e. The predicted octanol–water partition coefficient (Wildman–Crippen LogP) is 2.07. The average Bonchev–Trinajstić information content (AvgIpc) is 2.62. The molecule has 0 bridgehead atoms. The molecular weight excluding hydrogens is 220 g/mol. The summed E-state index contributed by atoms with van der Waals surface area (Å²) >= 11 is 1.74. The molecule has 0 aliphatic rings. The van der Waals surface area contributed by atoms with Gasteiger partial charge in [-0.2, -0.15) is 20.5 Å². The highest BCUT2D eigenvalue weighted by Gasteiger charge is 2.12. The topological polar surface area (TPSA) is 21.1 Å². The number of hydrogen-bond acceptors (Lipinski definition) is 3. The quantitative estimate of drug-likeness (QED) is 0.753. The van der Waals surface area contributed by atoms with Crippen LogP contribution in [0.25, 0.3) is 0 Å².